The molecule has 158 valence electrons. The Morgan fingerprint density at radius 3 is 2.53 bits per heavy atom. The van der Waals surface area contributed by atoms with Gasteiger partial charge in [0.2, 0.25) is 0 Å². The molecule has 7 nitrogen and oxygen atoms in total. The fourth-order valence-corrected chi connectivity index (χ4v) is 3.16. The monoisotopic (exact) mass is 426 g/mol. The number of anilines is 2. The fourth-order valence-electron chi connectivity index (χ4n) is 2.93. The second-order valence-electron chi connectivity index (χ2n) is 6.35. The lowest BCUT2D eigenvalue weighted by Gasteiger charge is -2.12. The van der Waals surface area contributed by atoms with Gasteiger partial charge in [-0.2, -0.15) is 5.10 Å². The van der Waals surface area contributed by atoms with Crippen molar-refractivity contribution in [2.75, 3.05) is 31.0 Å². The van der Waals surface area contributed by atoms with E-state index < -0.39 is 0 Å². The summed E-state index contributed by atoms with van der Waals surface area (Å²) in [6, 6.07) is 13.5. The highest BCUT2D eigenvalue weighted by molar-refractivity contribution is 7.80. The number of ether oxygens (including phenoxy) is 3. The Balaban J connectivity index is 1.63. The average Bonchev–Trinajstić information content (AvgIpc) is 3.17. The lowest BCUT2D eigenvalue weighted by molar-refractivity contribution is 0.287. The van der Waals surface area contributed by atoms with Crippen molar-refractivity contribution in [1.29, 1.82) is 0 Å². The van der Waals surface area contributed by atoms with Gasteiger partial charge in [0, 0.05) is 6.20 Å². The molecule has 30 heavy (non-hydrogen) atoms. The quantitative estimate of drug-likeness (QED) is 0.487. The number of nitrogens with zero attached hydrogens (tertiary/aromatic N) is 2. The Labute approximate surface area is 182 Å². The fraction of sp³-hybridized carbons (Fsp3) is 0.273. The van der Waals surface area contributed by atoms with Gasteiger partial charge in [0.15, 0.2) is 16.6 Å². The number of rotatable bonds is 9. The van der Waals surface area contributed by atoms with E-state index in [0.29, 0.717) is 24.9 Å². The van der Waals surface area contributed by atoms with Crippen LogP contribution < -0.4 is 24.8 Å². The van der Waals surface area contributed by atoms with E-state index in [2.05, 4.69) is 15.7 Å². The summed E-state index contributed by atoms with van der Waals surface area (Å²) in [6.45, 7) is 5.68. The molecule has 0 aliphatic carbocycles. The van der Waals surface area contributed by atoms with Gasteiger partial charge in [-0.15, -0.1) is 0 Å². The van der Waals surface area contributed by atoms with Crippen molar-refractivity contribution in [1.82, 2.24) is 9.78 Å². The van der Waals surface area contributed by atoms with Crippen molar-refractivity contribution in [3.63, 3.8) is 0 Å². The minimum Gasteiger partial charge on any atom is -0.495 e. The van der Waals surface area contributed by atoms with Crippen LogP contribution in [0.2, 0.25) is 0 Å². The molecule has 0 aliphatic heterocycles. The maximum Gasteiger partial charge on any atom is 0.175 e. The van der Waals surface area contributed by atoms with Crippen LogP contribution in [-0.4, -0.2) is 35.2 Å². The average molecular weight is 427 g/mol. The largest absolute Gasteiger partial charge is 0.495 e. The molecular weight excluding hydrogens is 400 g/mol. The van der Waals surface area contributed by atoms with Crippen molar-refractivity contribution in [2.24, 2.45) is 0 Å². The number of nitrogens with one attached hydrogen (secondary N) is 2. The van der Waals surface area contributed by atoms with Gasteiger partial charge in [0.1, 0.15) is 5.75 Å². The van der Waals surface area contributed by atoms with Crippen LogP contribution in [0.15, 0.2) is 54.9 Å². The number of hydrogen-bond acceptors (Lipinski definition) is 5. The first-order chi connectivity index (χ1) is 14.6. The van der Waals surface area contributed by atoms with E-state index in [-0.39, 0.29) is 0 Å². The van der Waals surface area contributed by atoms with Gasteiger partial charge in [0.25, 0.3) is 0 Å². The van der Waals surface area contributed by atoms with Gasteiger partial charge in [0.05, 0.1) is 44.4 Å². The van der Waals surface area contributed by atoms with Crippen LogP contribution in [0.4, 0.5) is 11.4 Å². The third kappa shape index (κ3) is 5.64. The van der Waals surface area contributed by atoms with E-state index in [1.165, 1.54) is 0 Å². The number of para-hydroxylation sites is 2. The van der Waals surface area contributed by atoms with Crippen LogP contribution in [0.5, 0.6) is 17.2 Å². The summed E-state index contributed by atoms with van der Waals surface area (Å²) >= 11 is 5.40. The molecule has 0 spiro atoms. The van der Waals surface area contributed by atoms with Gasteiger partial charge in [-0.25, -0.2) is 0 Å². The van der Waals surface area contributed by atoms with E-state index in [9.17, 15) is 0 Å². The molecule has 0 amide bonds. The molecule has 1 heterocycles. The second kappa shape index (κ2) is 10.5. The van der Waals surface area contributed by atoms with Crippen LogP contribution in [-0.2, 0) is 6.54 Å². The third-order valence-electron chi connectivity index (χ3n) is 4.20. The third-order valence-corrected chi connectivity index (χ3v) is 4.40. The molecule has 2 aromatic carbocycles. The van der Waals surface area contributed by atoms with E-state index >= 15 is 0 Å². The Morgan fingerprint density at radius 2 is 1.77 bits per heavy atom. The molecule has 2 N–H and O–H groups in total. The predicted octanol–water partition coefficient (Wildman–Crippen LogP) is 4.55. The molecule has 0 aliphatic rings. The summed E-state index contributed by atoms with van der Waals surface area (Å²) in [6.07, 6.45) is 3.63. The number of benzene rings is 2. The molecule has 0 saturated heterocycles. The van der Waals surface area contributed by atoms with Gasteiger partial charge in [-0.1, -0.05) is 18.2 Å². The second-order valence-corrected chi connectivity index (χ2v) is 6.76. The number of aromatic nitrogens is 2. The first kappa shape index (κ1) is 21.4. The van der Waals surface area contributed by atoms with Crippen LogP contribution in [0.1, 0.15) is 19.4 Å². The summed E-state index contributed by atoms with van der Waals surface area (Å²) in [5, 5.41) is 11.1. The molecule has 3 rings (SSSR count). The molecule has 0 fully saturated rings. The highest BCUT2D eigenvalue weighted by atomic mass is 32.1. The number of thiocarbonyl (C=S) groups is 1. The standard InChI is InChI=1S/C22H26N4O3S/c1-4-28-20-11-10-16(12-21(20)29-5-2)14-26-15-17(13-23-26)24-22(30)25-18-8-6-7-9-19(18)27-3/h6-13,15H,4-5,14H2,1-3H3,(H2,24,25,30). The first-order valence-electron chi connectivity index (χ1n) is 9.75. The Morgan fingerprint density at radius 1 is 1.00 bits per heavy atom. The van der Waals surface area contributed by atoms with Crippen molar-refractivity contribution >= 4 is 28.7 Å². The molecule has 0 saturated carbocycles. The topological polar surface area (TPSA) is 69.6 Å². The first-order valence-corrected chi connectivity index (χ1v) is 10.2. The zero-order chi connectivity index (χ0) is 21.3. The van der Waals surface area contributed by atoms with E-state index in [4.69, 9.17) is 26.4 Å². The number of methoxy groups -OCH3 is 1. The van der Waals surface area contributed by atoms with Gasteiger partial charge in [-0.05, 0) is 55.9 Å². The minimum absolute atomic E-state index is 0.457. The molecular formula is C22H26N4O3S. The van der Waals surface area contributed by atoms with E-state index in [1.54, 1.807) is 13.3 Å². The lowest BCUT2D eigenvalue weighted by Crippen LogP contribution is -2.19. The number of hydrogen-bond donors (Lipinski definition) is 2. The zero-order valence-electron chi connectivity index (χ0n) is 17.3. The Bertz CT molecular complexity index is 990. The molecule has 8 heteroatoms. The highest BCUT2D eigenvalue weighted by Gasteiger charge is 2.09. The maximum absolute atomic E-state index is 5.70. The summed E-state index contributed by atoms with van der Waals surface area (Å²) in [7, 11) is 1.62. The summed E-state index contributed by atoms with van der Waals surface area (Å²) < 4.78 is 18.5. The normalized spacial score (nSPS) is 10.4. The SMILES string of the molecule is CCOc1ccc(Cn2cc(NC(=S)Nc3ccccc3OC)cn2)cc1OCC. The summed E-state index contributed by atoms with van der Waals surface area (Å²) in [4.78, 5) is 0. The predicted molar refractivity (Wildman–Crippen MR) is 123 cm³/mol. The summed E-state index contributed by atoms with van der Waals surface area (Å²) in [5.74, 6) is 2.21. The van der Waals surface area contributed by atoms with Crippen molar-refractivity contribution in [3.05, 3.63) is 60.4 Å². The van der Waals surface area contributed by atoms with Crippen molar-refractivity contribution < 1.29 is 14.2 Å². The maximum atomic E-state index is 5.70. The Hall–Kier alpha value is -3.26. The smallest absolute Gasteiger partial charge is 0.175 e. The van der Waals surface area contributed by atoms with E-state index in [0.717, 1.165) is 34.2 Å². The highest BCUT2D eigenvalue weighted by Crippen LogP contribution is 2.29. The molecule has 0 unspecified atom stereocenters. The van der Waals surface area contributed by atoms with Crippen LogP contribution in [0, 0.1) is 0 Å². The Kier molecular flexibility index (Phi) is 7.51. The van der Waals surface area contributed by atoms with Crippen molar-refractivity contribution in [3.8, 4) is 17.2 Å². The van der Waals surface area contributed by atoms with E-state index in [1.807, 2.05) is 67.2 Å². The minimum atomic E-state index is 0.457. The molecule has 0 atom stereocenters. The molecule has 3 aromatic rings. The summed E-state index contributed by atoms with van der Waals surface area (Å²) in [5.41, 5.74) is 2.65. The van der Waals surface area contributed by atoms with Crippen LogP contribution in [0.25, 0.3) is 0 Å². The van der Waals surface area contributed by atoms with Crippen LogP contribution >= 0.6 is 12.2 Å². The lowest BCUT2D eigenvalue weighted by atomic mass is 10.2. The zero-order valence-corrected chi connectivity index (χ0v) is 18.2. The van der Waals surface area contributed by atoms with Gasteiger partial charge >= 0.3 is 0 Å². The van der Waals surface area contributed by atoms with Crippen LogP contribution in [0.3, 0.4) is 0 Å². The molecule has 0 bridgehead atoms. The molecule has 1 aromatic heterocycles. The van der Waals surface area contributed by atoms with Gasteiger partial charge < -0.3 is 24.8 Å². The van der Waals surface area contributed by atoms with Crippen molar-refractivity contribution in [2.45, 2.75) is 20.4 Å². The van der Waals surface area contributed by atoms with Gasteiger partial charge in [-0.3, -0.25) is 4.68 Å². The molecule has 0 radical (unpaired) electrons.